The molecule has 8 rings (SSSR count). The fraction of sp³-hybridized carbons (Fsp3) is 0.417. The lowest BCUT2D eigenvalue weighted by atomic mass is 9.72. The Labute approximate surface area is 364 Å². The molecule has 2 fully saturated rings. The second-order valence-electron chi connectivity index (χ2n) is 18.3. The summed E-state index contributed by atoms with van der Waals surface area (Å²) >= 11 is 6.25. The number of halogens is 1. The van der Waals surface area contributed by atoms with E-state index in [1.807, 2.05) is 50.2 Å². The summed E-state index contributed by atoms with van der Waals surface area (Å²) in [6.07, 6.45) is 10.1. The van der Waals surface area contributed by atoms with Crippen LogP contribution in [0.15, 0.2) is 95.7 Å². The highest BCUT2D eigenvalue weighted by Crippen LogP contribution is 2.43. The molecule has 1 saturated heterocycles. The van der Waals surface area contributed by atoms with Crippen molar-refractivity contribution in [3.8, 4) is 11.5 Å². The minimum Gasteiger partial charge on any atom is -0.455 e. The first-order chi connectivity index (χ1) is 29.1. The zero-order valence-corrected chi connectivity index (χ0v) is 37.1. The molecule has 4 N–H and O–H groups in total. The lowest BCUT2D eigenvalue weighted by molar-refractivity contribution is 0.00976. The SMILES string of the molecule is Cc1cc(S(=O)(=O)NC(=O)c2ccc(N3CCN(CC4=C(c5ccc(Cl)cc5)CC(C)(C)CC4)CC3)cc2Oc2cnc3[nH]ccc3c2)ccc1NC[C@H]1CC[C@@](C)(O)CC1. The molecule has 1 amide bonds. The van der Waals surface area contributed by atoms with Crippen LogP contribution < -0.4 is 19.7 Å². The minimum atomic E-state index is -4.24. The third-order valence-corrected chi connectivity index (χ3v) is 14.4. The van der Waals surface area contributed by atoms with Gasteiger partial charge in [-0.2, -0.15) is 0 Å². The highest BCUT2D eigenvalue weighted by Gasteiger charge is 2.31. The van der Waals surface area contributed by atoms with E-state index in [1.165, 1.54) is 22.8 Å². The van der Waals surface area contributed by atoms with Gasteiger partial charge in [0.05, 0.1) is 22.3 Å². The summed E-state index contributed by atoms with van der Waals surface area (Å²) < 4.78 is 36.1. The van der Waals surface area contributed by atoms with Crippen molar-refractivity contribution in [2.45, 2.75) is 83.1 Å². The molecule has 11 nitrogen and oxygen atoms in total. The Bertz CT molecular complexity index is 2530. The molecule has 322 valence electrons. The van der Waals surface area contributed by atoms with E-state index in [0.717, 1.165) is 112 Å². The van der Waals surface area contributed by atoms with Crippen LogP contribution in [0.2, 0.25) is 5.02 Å². The number of anilines is 2. The number of hydrogen-bond donors (Lipinski definition) is 4. The zero-order valence-electron chi connectivity index (χ0n) is 35.6. The number of H-pyrrole nitrogens is 1. The normalized spacial score (nSPS) is 21.1. The molecule has 13 heteroatoms. The summed E-state index contributed by atoms with van der Waals surface area (Å²) in [5.41, 5.74) is 7.09. The van der Waals surface area contributed by atoms with Crippen LogP contribution in [0.5, 0.6) is 11.5 Å². The molecule has 0 atom stereocenters. The van der Waals surface area contributed by atoms with Gasteiger partial charge in [-0.05, 0) is 141 Å². The lowest BCUT2D eigenvalue weighted by Crippen LogP contribution is -2.47. The molecule has 1 saturated carbocycles. The molecule has 3 heterocycles. The third kappa shape index (κ3) is 10.3. The maximum Gasteiger partial charge on any atom is 0.268 e. The number of nitrogens with zero attached hydrogens (tertiary/aromatic N) is 3. The van der Waals surface area contributed by atoms with E-state index in [2.05, 4.69) is 55.8 Å². The second-order valence-corrected chi connectivity index (χ2v) is 20.4. The highest BCUT2D eigenvalue weighted by atomic mass is 35.5. The number of aryl methyl sites for hydroxylation is 1. The van der Waals surface area contributed by atoms with Gasteiger partial charge in [-0.3, -0.25) is 9.69 Å². The van der Waals surface area contributed by atoms with Crippen LogP contribution in [0.3, 0.4) is 0 Å². The van der Waals surface area contributed by atoms with Crippen LogP contribution in [-0.4, -0.2) is 79.2 Å². The Morgan fingerprint density at radius 2 is 1.72 bits per heavy atom. The lowest BCUT2D eigenvalue weighted by Gasteiger charge is -2.39. The largest absolute Gasteiger partial charge is 0.455 e. The monoisotopic (exact) mass is 864 g/mol. The van der Waals surface area contributed by atoms with Gasteiger partial charge in [-0.15, -0.1) is 0 Å². The minimum absolute atomic E-state index is 0.00956. The fourth-order valence-corrected chi connectivity index (χ4v) is 10.2. The van der Waals surface area contributed by atoms with E-state index in [1.54, 1.807) is 30.6 Å². The fourth-order valence-electron chi connectivity index (χ4n) is 8.98. The zero-order chi connectivity index (χ0) is 42.9. The maximum atomic E-state index is 13.9. The number of allylic oxidation sites excluding steroid dienone is 1. The van der Waals surface area contributed by atoms with Crippen LogP contribution in [0, 0.1) is 18.3 Å². The Balaban J connectivity index is 0.974. The number of aromatic amines is 1. The van der Waals surface area contributed by atoms with E-state index < -0.39 is 21.5 Å². The summed E-state index contributed by atoms with van der Waals surface area (Å²) in [4.78, 5) is 26.3. The molecule has 5 aromatic rings. The number of ether oxygens (including phenoxy) is 1. The summed E-state index contributed by atoms with van der Waals surface area (Å²) in [5, 5.41) is 15.4. The molecule has 3 aliphatic rings. The predicted octanol–water partition coefficient (Wildman–Crippen LogP) is 9.57. The number of sulfonamides is 1. The van der Waals surface area contributed by atoms with Gasteiger partial charge in [-0.25, -0.2) is 18.1 Å². The predicted molar refractivity (Wildman–Crippen MR) is 244 cm³/mol. The number of fused-ring (bicyclic) bond motifs is 1. The molecule has 0 radical (unpaired) electrons. The average Bonchev–Trinajstić information content (AvgIpc) is 3.70. The van der Waals surface area contributed by atoms with Gasteiger partial charge in [0.25, 0.3) is 15.9 Å². The van der Waals surface area contributed by atoms with E-state index in [9.17, 15) is 18.3 Å². The summed E-state index contributed by atoms with van der Waals surface area (Å²) in [5.74, 6) is 0.286. The van der Waals surface area contributed by atoms with Gasteiger partial charge in [-0.1, -0.05) is 43.2 Å². The number of nitrogens with one attached hydrogen (secondary N) is 3. The van der Waals surface area contributed by atoms with E-state index in [4.69, 9.17) is 16.3 Å². The number of carbonyl (C=O) groups is 1. The van der Waals surface area contributed by atoms with Gasteiger partial charge >= 0.3 is 0 Å². The topological polar surface area (TPSA) is 140 Å². The molecular weight excluding hydrogens is 808 g/mol. The molecule has 0 bridgehead atoms. The average molecular weight is 866 g/mol. The number of aromatic nitrogens is 2. The van der Waals surface area contributed by atoms with Crippen LogP contribution in [0.1, 0.15) is 87.2 Å². The van der Waals surface area contributed by atoms with Gasteiger partial charge in [0.2, 0.25) is 0 Å². The molecule has 0 unspecified atom stereocenters. The van der Waals surface area contributed by atoms with E-state index in [-0.39, 0.29) is 21.6 Å². The van der Waals surface area contributed by atoms with Crippen molar-refractivity contribution in [2.75, 3.05) is 49.5 Å². The Kier molecular flexibility index (Phi) is 12.3. The summed E-state index contributed by atoms with van der Waals surface area (Å²) in [7, 11) is -4.24. The van der Waals surface area contributed by atoms with Crippen molar-refractivity contribution in [2.24, 2.45) is 11.3 Å². The quantitative estimate of drug-likeness (QED) is 0.0966. The number of benzene rings is 3. The standard InChI is InChI=1S/C48H57ClN6O5S/c1-32-25-40(10-12-43(32)51-29-33-13-18-48(4,57)19-14-33)61(58,59)53-46(56)41-11-9-38(27-44(41)60-39-26-35-16-20-50-45(35)52-30-39)55-23-21-54(22-24-55)31-36-15-17-47(2,3)28-42(36)34-5-7-37(49)8-6-34/h5-12,16,20,25-27,30,33,51,57H,13-15,17-19,21-24,28-29,31H2,1-4H3,(H,50,52)(H,53,56)/t33-,48+. The summed E-state index contributed by atoms with van der Waals surface area (Å²) in [6.45, 7) is 13.4. The van der Waals surface area contributed by atoms with Crippen molar-refractivity contribution < 1.29 is 23.1 Å². The number of hydrogen-bond acceptors (Lipinski definition) is 9. The number of rotatable bonds is 12. The third-order valence-electron chi connectivity index (χ3n) is 12.8. The van der Waals surface area contributed by atoms with Gasteiger partial charge in [0, 0.05) is 73.3 Å². The molecule has 61 heavy (non-hydrogen) atoms. The molecule has 3 aromatic carbocycles. The first-order valence-electron chi connectivity index (χ1n) is 21.4. The van der Waals surface area contributed by atoms with Gasteiger partial charge < -0.3 is 25.0 Å². The Hall–Kier alpha value is -4.88. The maximum absolute atomic E-state index is 13.9. The number of piperazine rings is 1. The molecule has 1 aliphatic heterocycles. The highest BCUT2D eigenvalue weighted by molar-refractivity contribution is 7.90. The first kappa shape index (κ1) is 42.8. The summed E-state index contributed by atoms with van der Waals surface area (Å²) in [6, 6.07) is 22.1. The second kappa shape index (κ2) is 17.5. The smallest absolute Gasteiger partial charge is 0.268 e. The number of pyridine rings is 1. The Morgan fingerprint density at radius 1 is 0.967 bits per heavy atom. The van der Waals surface area contributed by atoms with Crippen LogP contribution in [0.25, 0.3) is 16.6 Å². The Morgan fingerprint density at radius 3 is 2.46 bits per heavy atom. The van der Waals surface area contributed by atoms with Crippen molar-refractivity contribution in [1.82, 2.24) is 19.6 Å². The van der Waals surface area contributed by atoms with Crippen molar-refractivity contribution in [1.29, 1.82) is 0 Å². The van der Waals surface area contributed by atoms with Crippen LogP contribution in [-0.2, 0) is 10.0 Å². The number of aliphatic hydroxyl groups is 1. The number of amides is 1. The van der Waals surface area contributed by atoms with Crippen LogP contribution in [0.4, 0.5) is 11.4 Å². The van der Waals surface area contributed by atoms with Crippen molar-refractivity contribution in [3.05, 3.63) is 112 Å². The van der Waals surface area contributed by atoms with Crippen LogP contribution >= 0.6 is 11.6 Å². The van der Waals surface area contributed by atoms with E-state index in [0.29, 0.717) is 17.3 Å². The number of carbonyl (C=O) groups excluding carboxylic acids is 1. The molecule has 0 spiro atoms. The van der Waals surface area contributed by atoms with Gasteiger partial charge in [0.1, 0.15) is 17.1 Å². The molecule has 2 aliphatic carbocycles. The molecular formula is C48H57ClN6O5S. The van der Waals surface area contributed by atoms with E-state index >= 15 is 0 Å². The van der Waals surface area contributed by atoms with Crippen molar-refractivity contribution >= 4 is 55.5 Å². The van der Waals surface area contributed by atoms with Gasteiger partial charge in [0.15, 0.2) is 0 Å². The van der Waals surface area contributed by atoms with Crippen molar-refractivity contribution in [3.63, 3.8) is 0 Å². The first-order valence-corrected chi connectivity index (χ1v) is 23.3. The molecule has 2 aromatic heterocycles.